The molecule has 0 atom stereocenters. The standard InChI is InChI=1S/C33H63O3P/c1-4-7-10-13-16-19-22-26-31-27-25-29-33(32(31)28-23-20-17-14-11-8-5-2)37(34,35,36)30-24-21-18-15-12-9-6-3/h25,27,29,34-36H,4-24,26,28,30H2,1-3H3. The van der Waals surface area contributed by atoms with Gasteiger partial charge >= 0.3 is 231 Å². The van der Waals surface area contributed by atoms with Crippen LogP contribution in [0, 0.1) is 0 Å². The molecule has 4 heteroatoms. The first-order chi connectivity index (χ1) is 17.8. The molecule has 0 aliphatic carbocycles. The third-order valence-corrected chi connectivity index (χ3v) is 10.5. The maximum absolute atomic E-state index is 11.3. The van der Waals surface area contributed by atoms with Gasteiger partial charge in [0.05, 0.1) is 0 Å². The normalized spacial score (nSPS) is 13.1. The van der Waals surface area contributed by atoms with Crippen LogP contribution < -0.4 is 5.30 Å². The van der Waals surface area contributed by atoms with Gasteiger partial charge in [-0.1, -0.05) is 0 Å². The van der Waals surface area contributed by atoms with Crippen LogP contribution in [-0.2, 0) is 12.8 Å². The van der Waals surface area contributed by atoms with E-state index in [4.69, 9.17) is 0 Å². The fourth-order valence-electron chi connectivity index (χ4n) is 5.59. The van der Waals surface area contributed by atoms with E-state index >= 15 is 0 Å². The summed E-state index contributed by atoms with van der Waals surface area (Å²) < 4.78 is 0. The van der Waals surface area contributed by atoms with Gasteiger partial charge in [-0.3, -0.25) is 0 Å². The Hall–Kier alpha value is -0.470. The Balaban J connectivity index is 2.82. The number of unbranched alkanes of at least 4 members (excludes halogenated alkanes) is 18. The van der Waals surface area contributed by atoms with E-state index in [-0.39, 0.29) is 6.16 Å². The Bertz CT molecular complexity index is 680. The van der Waals surface area contributed by atoms with E-state index in [0.717, 1.165) is 44.1 Å². The van der Waals surface area contributed by atoms with Gasteiger partial charge in [0, 0.05) is 0 Å². The predicted molar refractivity (Wildman–Crippen MR) is 166 cm³/mol. The molecule has 0 heterocycles. The first kappa shape index (κ1) is 34.6. The molecule has 0 spiro atoms. The van der Waals surface area contributed by atoms with Crippen molar-refractivity contribution < 1.29 is 14.7 Å². The molecule has 0 fully saturated rings. The maximum atomic E-state index is 11.3. The molecular weight excluding hydrogens is 475 g/mol. The van der Waals surface area contributed by atoms with Crippen molar-refractivity contribution in [1.82, 2.24) is 0 Å². The summed E-state index contributed by atoms with van der Waals surface area (Å²) in [6.45, 7) is 6.73. The van der Waals surface area contributed by atoms with Gasteiger partial charge in [-0.15, -0.1) is 0 Å². The molecule has 3 N–H and O–H groups in total. The Kier molecular flexibility index (Phi) is 19.1. The van der Waals surface area contributed by atoms with E-state index in [9.17, 15) is 14.7 Å². The summed E-state index contributed by atoms with van der Waals surface area (Å²) in [5.41, 5.74) is 2.26. The van der Waals surface area contributed by atoms with Crippen LogP contribution in [0.15, 0.2) is 18.2 Å². The number of hydrogen-bond donors (Lipinski definition) is 3. The number of rotatable bonds is 25. The van der Waals surface area contributed by atoms with E-state index in [0.29, 0.717) is 11.7 Å². The zero-order valence-electron chi connectivity index (χ0n) is 25.0. The van der Waals surface area contributed by atoms with Crippen LogP contribution in [0.5, 0.6) is 0 Å². The zero-order valence-corrected chi connectivity index (χ0v) is 25.9. The van der Waals surface area contributed by atoms with E-state index < -0.39 is 7.28 Å². The van der Waals surface area contributed by atoms with Gasteiger partial charge in [0.15, 0.2) is 0 Å². The fraction of sp³-hybridized carbons (Fsp3) is 0.818. The second-order valence-corrected chi connectivity index (χ2v) is 14.9. The van der Waals surface area contributed by atoms with Gasteiger partial charge in [-0.05, 0) is 0 Å². The minimum atomic E-state index is -4.88. The van der Waals surface area contributed by atoms with E-state index in [1.165, 1.54) is 108 Å². The van der Waals surface area contributed by atoms with Crippen molar-refractivity contribution in [1.29, 1.82) is 0 Å². The SMILES string of the molecule is CCCCCCCCCc1cccc(P(O)(O)(O)CCCCCCCCC)c1CCCCCCCCC. The molecular formula is C33H63O3P. The van der Waals surface area contributed by atoms with Gasteiger partial charge in [0.1, 0.15) is 0 Å². The summed E-state index contributed by atoms with van der Waals surface area (Å²) in [6.07, 6.45) is 27.2. The Morgan fingerprint density at radius 1 is 0.486 bits per heavy atom. The van der Waals surface area contributed by atoms with Crippen molar-refractivity contribution in [2.45, 2.75) is 168 Å². The fourth-order valence-corrected chi connectivity index (χ4v) is 7.83. The summed E-state index contributed by atoms with van der Waals surface area (Å²) >= 11 is 0. The first-order valence-electron chi connectivity index (χ1n) is 16.2. The minimum absolute atomic E-state index is 0.101. The van der Waals surface area contributed by atoms with Gasteiger partial charge in [0.2, 0.25) is 0 Å². The van der Waals surface area contributed by atoms with E-state index in [1.54, 1.807) is 0 Å². The first-order valence-corrected chi connectivity index (χ1v) is 18.5. The summed E-state index contributed by atoms with van der Waals surface area (Å²) in [4.78, 5) is 34.0. The van der Waals surface area contributed by atoms with Crippen LogP contribution in [0.3, 0.4) is 0 Å². The van der Waals surface area contributed by atoms with Gasteiger partial charge < -0.3 is 0 Å². The van der Waals surface area contributed by atoms with Gasteiger partial charge in [0.25, 0.3) is 0 Å². The Labute approximate surface area is 231 Å². The molecule has 0 saturated carbocycles. The third kappa shape index (κ3) is 15.6. The number of hydrogen-bond acceptors (Lipinski definition) is 3. The summed E-state index contributed by atoms with van der Waals surface area (Å²) in [6, 6.07) is 5.91. The van der Waals surface area contributed by atoms with Gasteiger partial charge in [-0.25, -0.2) is 0 Å². The summed E-state index contributed by atoms with van der Waals surface area (Å²) in [5, 5.41) is 0.461. The molecule has 3 nitrogen and oxygen atoms in total. The molecule has 0 aliphatic rings. The second kappa shape index (κ2) is 20.4. The van der Waals surface area contributed by atoms with Crippen molar-refractivity contribution in [2.24, 2.45) is 0 Å². The molecule has 0 amide bonds. The van der Waals surface area contributed by atoms with Gasteiger partial charge in [-0.2, -0.15) is 0 Å². The van der Waals surface area contributed by atoms with E-state index in [1.807, 2.05) is 12.1 Å². The second-order valence-electron chi connectivity index (χ2n) is 11.7. The van der Waals surface area contributed by atoms with Crippen LogP contribution in [0.1, 0.15) is 167 Å². The molecule has 0 aromatic heterocycles. The zero-order chi connectivity index (χ0) is 27.3. The molecule has 0 radical (unpaired) electrons. The summed E-state index contributed by atoms with van der Waals surface area (Å²) in [5.74, 6) is 0. The van der Waals surface area contributed by atoms with Crippen molar-refractivity contribution >= 4 is 12.6 Å². The third-order valence-electron chi connectivity index (χ3n) is 8.00. The quantitative estimate of drug-likeness (QED) is 0.0857. The molecule has 37 heavy (non-hydrogen) atoms. The summed E-state index contributed by atoms with van der Waals surface area (Å²) in [7, 11) is -4.88. The van der Waals surface area contributed by atoms with Crippen LogP contribution in [0.25, 0.3) is 0 Å². The average molecular weight is 539 g/mol. The van der Waals surface area contributed by atoms with Crippen LogP contribution in [0.2, 0.25) is 0 Å². The predicted octanol–water partition coefficient (Wildman–Crippen LogP) is 9.92. The van der Waals surface area contributed by atoms with Crippen LogP contribution >= 0.6 is 7.28 Å². The number of aryl methyl sites for hydroxylation is 1. The molecule has 0 saturated heterocycles. The molecule has 218 valence electrons. The van der Waals surface area contributed by atoms with E-state index in [2.05, 4.69) is 26.8 Å². The van der Waals surface area contributed by atoms with Crippen molar-refractivity contribution in [3.8, 4) is 0 Å². The van der Waals surface area contributed by atoms with Crippen LogP contribution in [-0.4, -0.2) is 20.8 Å². The molecule has 1 rings (SSSR count). The van der Waals surface area contributed by atoms with Crippen molar-refractivity contribution in [3.05, 3.63) is 29.3 Å². The molecule has 0 aliphatic heterocycles. The molecule has 0 bridgehead atoms. The Morgan fingerprint density at radius 2 is 0.892 bits per heavy atom. The number of benzene rings is 1. The molecule has 1 aromatic rings. The van der Waals surface area contributed by atoms with Crippen molar-refractivity contribution in [3.63, 3.8) is 0 Å². The Morgan fingerprint density at radius 3 is 1.38 bits per heavy atom. The van der Waals surface area contributed by atoms with Crippen LogP contribution in [0.4, 0.5) is 0 Å². The monoisotopic (exact) mass is 538 g/mol. The molecule has 1 aromatic carbocycles. The topological polar surface area (TPSA) is 60.7 Å². The average Bonchev–Trinajstić information content (AvgIpc) is 2.87. The molecule has 0 unspecified atom stereocenters. The van der Waals surface area contributed by atoms with Crippen molar-refractivity contribution in [2.75, 3.05) is 6.16 Å².